The Kier molecular flexibility index (Phi) is 4.73. The van der Waals surface area contributed by atoms with E-state index in [2.05, 4.69) is 77.7 Å². The van der Waals surface area contributed by atoms with Gasteiger partial charge in [-0.05, 0) is 43.4 Å². The fraction of sp³-hybridized carbons (Fsp3) is 0.300. The van der Waals surface area contributed by atoms with Gasteiger partial charge in [-0.3, -0.25) is 0 Å². The van der Waals surface area contributed by atoms with Crippen molar-refractivity contribution >= 4 is 5.69 Å². The topological polar surface area (TPSA) is 3.24 Å². The summed E-state index contributed by atoms with van der Waals surface area (Å²) in [7, 11) is 0. The number of benzene rings is 2. The van der Waals surface area contributed by atoms with Crippen LogP contribution in [0.4, 0.5) is 5.69 Å². The van der Waals surface area contributed by atoms with Crippen molar-refractivity contribution in [2.45, 2.75) is 31.7 Å². The smallest absolute Gasteiger partial charge is 0.0368 e. The molecule has 0 saturated carbocycles. The Labute approximate surface area is 127 Å². The van der Waals surface area contributed by atoms with E-state index in [1.807, 2.05) is 0 Å². The fourth-order valence-electron chi connectivity index (χ4n) is 3.10. The molecule has 0 aromatic heterocycles. The molecule has 0 bridgehead atoms. The first-order valence-electron chi connectivity index (χ1n) is 7.94. The van der Waals surface area contributed by atoms with Crippen molar-refractivity contribution in [3.8, 4) is 0 Å². The van der Waals surface area contributed by atoms with E-state index >= 15 is 0 Å². The largest absolute Gasteiger partial charge is 0.368 e. The van der Waals surface area contributed by atoms with Crippen LogP contribution < -0.4 is 4.90 Å². The number of nitrogens with zero attached hydrogens (tertiary/aromatic N) is 1. The van der Waals surface area contributed by atoms with Crippen molar-refractivity contribution < 1.29 is 0 Å². The molecule has 2 aromatic rings. The van der Waals surface area contributed by atoms with Gasteiger partial charge in [0.15, 0.2) is 0 Å². The SMILES string of the molecule is C1=CCC(N(CCc2ccccc2)c2ccccc2)CC1. The van der Waals surface area contributed by atoms with E-state index in [9.17, 15) is 0 Å². The van der Waals surface area contributed by atoms with E-state index in [1.165, 1.54) is 30.5 Å². The van der Waals surface area contributed by atoms with Gasteiger partial charge in [-0.15, -0.1) is 0 Å². The summed E-state index contributed by atoms with van der Waals surface area (Å²) in [6, 6.07) is 22.3. The van der Waals surface area contributed by atoms with Gasteiger partial charge >= 0.3 is 0 Å². The van der Waals surface area contributed by atoms with Gasteiger partial charge in [-0.25, -0.2) is 0 Å². The first kappa shape index (κ1) is 13.9. The lowest BCUT2D eigenvalue weighted by molar-refractivity contribution is 0.542. The van der Waals surface area contributed by atoms with Gasteiger partial charge < -0.3 is 4.90 Å². The third kappa shape index (κ3) is 3.75. The summed E-state index contributed by atoms with van der Waals surface area (Å²) in [5.74, 6) is 0. The molecule has 21 heavy (non-hydrogen) atoms. The maximum Gasteiger partial charge on any atom is 0.0368 e. The minimum absolute atomic E-state index is 0.640. The number of hydrogen-bond donors (Lipinski definition) is 0. The Hall–Kier alpha value is -2.02. The summed E-state index contributed by atoms with van der Waals surface area (Å²) in [5.41, 5.74) is 2.78. The van der Waals surface area contributed by atoms with Gasteiger partial charge in [0.1, 0.15) is 0 Å². The molecule has 0 radical (unpaired) electrons. The molecule has 108 valence electrons. The average Bonchev–Trinajstić information content (AvgIpc) is 2.58. The summed E-state index contributed by atoms with van der Waals surface area (Å²) in [4.78, 5) is 2.59. The molecule has 1 heteroatoms. The highest BCUT2D eigenvalue weighted by atomic mass is 15.2. The molecule has 1 atom stereocenters. The Balaban J connectivity index is 1.74. The summed E-state index contributed by atoms with van der Waals surface area (Å²) in [5, 5.41) is 0. The van der Waals surface area contributed by atoms with E-state index in [0.29, 0.717) is 6.04 Å². The maximum absolute atomic E-state index is 2.59. The van der Waals surface area contributed by atoms with Crippen molar-refractivity contribution in [3.05, 3.63) is 78.4 Å². The molecule has 2 aromatic carbocycles. The summed E-state index contributed by atoms with van der Waals surface area (Å²) in [6.45, 7) is 1.09. The first-order valence-corrected chi connectivity index (χ1v) is 7.94. The van der Waals surface area contributed by atoms with Crippen LogP contribution in [0.1, 0.15) is 24.8 Å². The molecule has 0 spiro atoms. The van der Waals surface area contributed by atoms with Crippen molar-refractivity contribution in [2.24, 2.45) is 0 Å². The average molecular weight is 277 g/mol. The van der Waals surface area contributed by atoms with Gasteiger partial charge in [0.25, 0.3) is 0 Å². The minimum Gasteiger partial charge on any atom is -0.368 e. The van der Waals surface area contributed by atoms with Gasteiger partial charge in [-0.2, -0.15) is 0 Å². The maximum atomic E-state index is 2.59. The van der Waals surface area contributed by atoms with Crippen molar-refractivity contribution in [1.82, 2.24) is 0 Å². The van der Waals surface area contributed by atoms with Crippen LogP contribution >= 0.6 is 0 Å². The molecule has 0 fully saturated rings. The van der Waals surface area contributed by atoms with Crippen LogP contribution in [0.5, 0.6) is 0 Å². The highest BCUT2D eigenvalue weighted by Crippen LogP contribution is 2.24. The van der Waals surface area contributed by atoms with Gasteiger partial charge in [0.05, 0.1) is 0 Å². The molecule has 1 nitrogen and oxygen atoms in total. The molecule has 0 heterocycles. The predicted molar refractivity (Wildman–Crippen MR) is 90.7 cm³/mol. The Morgan fingerprint density at radius 3 is 2.24 bits per heavy atom. The van der Waals surface area contributed by atoms with Crippen LogP contribution in [0.2, 0.25) is 0 Å². The van der Waals surface area contributed by atoms with Crippen molar-refractivity contribution in [1.29, 1.82) is 0 Å². The standard InChI is InChI=1S/C20H23N/c1-4-10-18(11-5-1)16-17-21(19-12-6-2-7-13-19)20-14-8-3-9-15-20/h1-8,10-13,20H,9,14-17H2. The zero-order valence-corrected chi connectivity index (χ0v) is 12.5. The molecule has 1 aliphatic carbocycles. The van der Waals surface area contributed by atoms with Crippen LogP contribution in [0.3, 0.4) is 0 Å². The monoisotopic (exact) mass is 277 g/mol. The van der Waals surface area contributed by atoms with E-state index in [-0.39, 0.29) is 0 Å². The Morgan fingerprint density at radius 2 is 1.57 bits per heavy atom. The van der Waals surface area contributed by atoms with Crippen LogP contribution in [-0.2, 0) is 6.42 Å². The predicted octanol–water partition coefficient (Wildman–Crippen LogP) is 4.84. The quantitative estimate of drug-likeness (QED) is 0.707. The van der Waals surface area contributed by atoms with Crippen molar-refractivity contribution in [3.63, 3.8) is 0 Å². The Bertz CT molecular complexity index is 559. The molecule has 1 unspecified atom stereocenters. The molecule has 0 aliphatic heterocycles. The number of para-hydroxylation sites is 1. The second-order valence-corrected chi connectivity index (χ2v) is 5.70. The molecule has 0 amide bonds. The number of allylic oxidation sites excluding steroid dienone is 1. The second-order valence-electron chi connectivity index (χ2n) is 5.70. The van der Waals surface area contributed by atoms with Crippen molar-refractivity contribution in [2.75, 3.05) is 11.4 Å². The van der Waals surface area contributed by atoms with Gasteiger partial charge in [-0.1, -0.05) is 60.7 Å². The van der Waals surface area contributed by atoms with Crippen LogP contribution in [0.15, 0.2) is 72.8 Å². The van der Waals surface area contributed by atoms with E-state index < -0.39 is 0 Å². The van der Waals surface area contributed by atoms with Gasteiger partial charge in [0, 0.05) is 18.3 Å². The zero-order chi connectivity index (χ0) is 14.3. The first-order chi connectivity index (χ1) is 10.4. The normalized spacial score (nSPS) is 17.6. The lowest BCUT2D eigenvalue weighted by Gasteiger charge is -2.35. The molecule has 0 N–H and O–H groups in total. The number of rotatable bonds is 5. The summed E-state index contributed by atoms with van der Waals surface area (Å²) in [6.07, 6.45) is 9.41. The van der Waals surface area contributed by atoms with E-state index in [4.69, 9.17) is 0 Å². The lowest BCUT2D eigenvalue weighted by atomic mass is 9.99. The zero-order valence-electron chi connectivity index (χ0n) is 12.5. The van der Waals surface area contributed by atoms with Gasteiger partial charge in [0.2, 0.25) is 0 Å². The summed E-state index contributed by atoms with van der Waals surface area (Å²) >= 11 is 0. The third-order valence-electron chi connectivity index (χ3n) is 4.25. The molecule has 1 aliphatic rings. The number of hydrogen-bond acceptors (Lipinski definition) is 1. The van der Waals surface area contributed by atoms with E-state index in [1.54, 1.807) is 0 Å². The van der Waals surface area contributed by atoms with E-state index in [0.717, 1.165) is 13.0 Å². The van der Waals surface area contributed by atoms with Crippen LogP contribution in [0.25, 0.3) is 0 Å². The molecular formula is C20H23N. The minimum atomic E-state index is 0.640. The second kappa shape index (κ2) is 7.12. The number of anilines is 1. The van der Waals surface area contributed by atoms with Crippen LogP contribution in [0, 0.1) is 0 Å². The molecule has 0 saturated heterocycles. The molecule has 3 rings (SSSR count). The third-order valence-corrected chi connectivity index (χ3v) is 4.25. The molecular weight excluding hydrogens is 254 g/mol. The fourth-order valence-corrected chi connectivity index (χ4v) is 3.10. The highest BCUT2D eigenvalue weighted by Gasteiger charge is 2.18. The lowest BCUT2D eigenvalue weighted by Crippen LogP contribution is -2.37. The highest BCUT2D eigenvalue weighted by molar-refractivity contribution is 5.47. The summed E-state index contributed by atoms with van der Waals surface area (Å²) < 4.78 is 0. The van der Waals surface area contributed by atoms with Crippen LogP contribution in [-0.4, -0.2) is 12.6 Å². The Morgan fingerprint density at radius 1 is 0.857 bits per heavy atom.